The second-order valence-corrected chi connectivity index (χ2v) is 9.88. The van der Waals surface area contributed by atoms with Crippen LogP contribution in [-0.2, 0) is 30.9 Å². The molecule has 2 unspecified atom stereocenters. The lowest BCUT2D eigenvalue weighted by Crippen LogP contribution is -2.30. The fourth-order valence-corrected chi connectivity index (χ4v) is 5.01. The molecular formula is C24H29NO6S. The number of hydrogen-bond donors (Lipinski definition) is 1. The molecule has 0 aliphatic heterocycles. The van der Waals surface area contributed by atoms with Gasteiger partial charge in [0, 0.05) is 4.88 Å². The molecule has 1 aliphatic rings. The van der Waals surface area contributed by atoms with E-state index in [1.807, 2.05) is 24.3 Å². The average molecular weight is 460 g/mol. The molecule has 1 aromatic heterocycles. The predicted octanol–water partition coefficient (Wildman–Crippen LogP) is 4.44. The van der Waals surface area contributed by atoms with Gasteiger partial charge < -0.3 is 19.5 Å². The third-order valence-electron chi connectivity index (χ3n) is 5.54. The highest BCUT2D eigenvalue weighted by Crippen LogP contribution is 2.46. The first kappa shape index (κ1) is 23.8. The summed E-state index contributed by atoms with van der Waals surface area (Å²) in [6, 6.07) is 7.63. The van der Waals surface area contributed by atoms with Gasteiger partial charge in [-0.25, -0.2) is 4.79 Å². The summed E-state index contributed by atoms with van der Waals surface area (Å²) in [5.41, 5.74) is 2.00. The van der Waals surface area contributed by atoms with Crippen LogP contribution in [0.3, 0.4) is 0 Å². The van der Waals surface area contributed by atoms with Crippen LogP contribution in [-0.4, -0.2) is 38.2 Å². The molecule has 8 heteroatoms. The van der Waals surface area contributed by atoms with Gasteiger partial charge >= 0.3 is 11.9 Å². The van der Waals surface area contributed by atoms with E-state index in [1.165, 1.54) is 25.6 Å². The number of ether oxygens (including phenoxy) is 3. The van der Waals surface area contributed by atoms with Crippen molar-refractivity contribution >= 4 is 34.2 Å². The highest BCUT2D eigenvalue weighted by molar-refractivity contribution is 7.17. The van der Waals surface area contributed by atoms with Crippen LogP contribution in [0.1, 0.15) is 66.4 Å². The minimum absolute atomic E-state index is 0.0213. The molecule has 0 fully saturated rings. The molecular weight excluding hydrogens is 430 g/mol. The van der Waals surface area contributed by atoms with Crippen LogP contribution in [0.25, 0.3) is 0 Å². The Labute approximate surface area is 192 Å². The maximum absolute atomic E-state index is 12.8. The highest BCUT2D eigenvalue weighted by Gasteiger charge is 2.38. The molecule has 7 nitrogen and oxygen atoms in total. The Hall–Kier alpha value is -2.87. The smallest absolute Gasteiger partial charge is 0.341 e. The van der Waals surface area contributed by atoms with Gasteiger partial charge in [0.15, 0.2) is 6.10 Å². The van der Waals surface area contributed by atoms with Gasteiger partial charge in [-0.05, 0) is 48.4 Å². The van der Waals surface area contributed by atoms with Crippen molar-refractivity contribution < 1.29 is 28.6 Å². The topological polar surface area (TPSA) is 90.9 Å². The van der Waals surface area contributed by atoms with Gasteiger partial charge in [0.25, 0.3) is 5.91 Å². The molecule has 1 aliphatic carbocycles. The van der Waals surface area contributed by atoms with E-state index in [2.05, 4.69) is 26.1 Å². The standard InChI is InChI=1S/C24H29NO6S/c1-13(31-15-9-7-14(8-10-15)24(2,3)4)20(26)25-21-19(23(28)30-6)18-16(22(27)29-5)11-12-17(18)32-21/h7-10,13,16H,11-12H2,1-6H3,(H,25,26). The minimum Gasteiger partial charge on any atom is -0.481 e. The largest absolute Gasteiger partial charge is 0.481 e. The molecule has 0 spiro atoms. The van der Waals surface area contributed by atoms with Crippen molar-refractivity contribution in [1.82, 2.24) is 0 Å². The van der Waals surface area contributed by atoms with Gasteiger partial charge in [-0.3, -0.25) is 9.59 Å². The second kappa shape index (κ2) is 9.32. The number of aryl methyl sites for hydroxylation is 1. The molecule has 1 N–H and O–H groups in total. The first-order chi connectivity index (χ1) is 15.1. The zero-order valence-corrected chi connectivity index (χ0v) is 20.1. The molecule has 1 aromatic carbocycles. The zero-order valence-electron chi connectivity index (χ0n) is 19.2. The third kappa shape index (κ3) is 4.80. The van der Waals surface area contributed by atoms with Crippen LogP contribution in [0.15, 0.2) is 24.3 Å². The monoisotopic (exact) mass is 459 g/mol. The van der Waals surface area contributed by atoms with E-state index in [0.717, 1.165) is 10.4 Å². The highest BCUT2D eigenvalue weighted by atomic mass is 32.1. The lowest BCUT2D eigenvalue weighted by atomic mass is 9.87. The number of esters is 2. The van der Waals surface area contributed by atoms with Crippen molar-refractivity contribution in [3.05, 3.63) is 45.8 Å². The average Bonchev–Trinajstić information content (AvgIpc) is 3.31. The number of hydrogen-bond acceptors (Lipinski definition) is 7. The van der Waals surface area contributed by atoms with E-state index in [0.29, 0.717) is 29.2 Å². The number of thiophene rings is 1. The second-order valence-electron chi connectivity index (χ2n) is 8.77. The number of rotatable bonds is 6. The van der Waals surface area contributed by atoms with Crippen LogP contribution in [0, 0.1) is 0 Å². The van der Waals surface area contributed by atoms with Crippen molar-refractivity contribution in [3.8, 4) is 5.75 Å². The summed E-state index contributed by atoms with van der Waals surface area (Å²) in [4.78, 5) is 38.4. The fraction of sp³-hybridized carbons (Fsp3) is 0.458. The molecule has 0 bridgehead atoms. The van der Waals surface area contributed by atoms with E-state index >= 15 is 0 Å². The van der Waals surface area contributed by atoms with Gasteiger partial charge in [-0.1, -0.05) is 32.9 Å². The zero-order chi connectivity index (χ0) is 23.6. The summed E-state index contributed by atoms with van der Waals surface area (Å²) >= 11 is 1.28. The summed E-state index contributed by atoms with van der Waals surface area (Å²) < 4.78 is 15.6. The number of anilines is 1. The predicted molar refractivity (Wildman–Crippen MR) is 123 cm³/mol. The first-order valence-corrected chi connectivity index (χ1v) is 11.3. The number of carbonyl (C=O) groups is 3. The van der Waals surface area contributed by atoms with Crippen molar-refractivity contribution in [2.45, 2.75) is 58.0 Å². The van der Waals surface area contributed by atoms with Crippen molar-refractivity contribution in [1.29, 1.82) is 0 Å². The van der Waals surface area contributed by atoms with Crippen molar-refractivity contribution in [2.75, 3.05) is 19.5 Å². The van der Waals surface area contributed by atoms with Gasteiger partial charge in [0.2, 0.25) is 0 Å². The number of benzene rings is 1. The van der Waals surface area contributed by atoms with E-state index in [1.54, 1.807) is 6.92 Å². The molecule has 2 atom stereocenters. The summed E-state index contributed by atoms with van der Waals surface area (Å²) in [6.45, 7) is 8.02. The normalized spacial score (nSPS) is 16.1. The lowest BCUT2D eigenvalue weighted by molar-refractivity contribution is -0.142. The quantitative estimate of drug-likeness (QED) is 0.642. The Morgan fingerprint density at radius 2 is 1.75 bits per heavy atom. The molecule has 172 valence electrons. The Balaban J connectivity index is 1.79. The summed E-state index contributed by atoms with van der Waals surface area (Å²) in [5.74, 6) is -1.36. The number of nitrogens with one attached hydrogen (secondary N) is 1. The van der Waals surface area contributed by atoms with E-state index in [-0.39, 0.29) is 11.0 Å². The third-order valence-corrected chi connectivity index (χ3v) is 6.73. The number of methoxy groups -OCH3 is 2. The van der Waals surface area contributed by atoms with Crippen molar-refractivity contribution in [3.63, 3.8) is 0 Å². The van der Waals surface area contributed by atoms with Gasteiger partial charge in [0.05, 0.1) is 25.7 Å². The SMILES string of the molecule is COC(=O)c1c(NC(=O)C(C)Oc2ccc(C(C)(C)C)cc2)sc2c1C(C(=O)OC)CC2. The molecule has 3 rings (SSSR count). The van der Waals surface area contributed by atoms with Crippen LogP contribution in [0.2, 0.25) is 0 Å². The molecule has 0 saturated carbocycles. The molecule has 2 aromatic rings. The van der Waals surface area contributed by atoms with Crippen LogP contribution in [0.5, 0.6) is 5.75 Å². The van der Waals surface area contributed by atoms with E-state index in [4.69, 9.17) is 14.2 Å². The van der Waals surface area contributed by atoms with Gasteiger partial charge in [0.1, 0.15) is 10.8 Å². The molecule has 32 heavy (non-hydrogen) atoms. The summed E-state index contributed by atoms with van der Waals surface area (Å²) in [6.07, 6.45) is 0.399. The Morgan fingerprint density at radius 1 is 1.09 bits per heavy atom. The van der Waals surface area contributed by atoms with Crippen LogP contribution < -0.4 is 10.1 Å². The molecule has 1 heterocycles. The molecule has 0 saturated heterocycles. The van der Waals surface area contributed by atoms with Crippen LogP contribution in [0.4, 0.5) is 5.00 Å². The maximum Gasteiger partial charge on any atom is 0.341 e. The van der Waals surface area contributed by atoms with Crippen LogP contribution >= 0.6 is 11.3 Å². The van der Waals surface area contributed by atoms with E-state index in [9.17, 15) is 14.4 Å². The minimum atomic E-state index is -0.797. The molecule has 1 amide bonds. The maximum atomic E-state index is 12.8. The number of carbonyl (C=O) groups excluding carboxylic acids is 3. The summed E-state index contributed by atoms with van der Waals surface area (Å²) in [5, 5.41) is 3.15. The Bertz CT molecular complexity index is 1020. The van der Waals surface area contributed by atoms with E-state index < -0.39 is 29.9 Å². The van der Waals surface area contributed by atoms with Gasteiger partial charge in [-0.2, -0.15) is 0 Å². The molecule has 0 radical (unpaired) electrons. The van der Waals surface area contributed by atoms with Crippen molar-refractivity contribution in [2.24, 2.45) is 0 Å². The summed E-state index contributed by atoms with van der Waals surface area (Å²) in [7, 11) is 2.59. The fourth-order valence-electron chi connectivity index (χ4n) is 3.74. The Kier molecular flexibility index (Phi) is 6.93. The van der Waals surface area contributed by atoms with Gasteiger partial charge in [-0.15, -0.1) is 11.3 Å². The first-order valence-electron chi connectivity index (χ1n) is 10.5. The Morgan fingerprint density at radius 3 is 2.31 bits per heavy atom. The lowest BCUT2D eigenvalue weighted by Gasteiger charge is -2.20. The number of amides is 1. The number of fused-ring (bicyclic) bond motifs is 1.